The van der Waals surface area contributed by atoms with Gasteiger partial charge in [0.25, 0.3) is 0 Å². The fourth-order valence-corrected chi connectivity index (χ4v) is 3.02. The molecule has 150 valence electrons. The third-order valence-electron chi connectivity index (χ3n) is 4.21. The van der Waals surface area contributed by atoms with Crippen LogP contribution in [0, 0.1) is 0 Å². The molecule has 2 N–H and O–H groups in total. The molecular formula is C18H20F3N5OS. The number of aromatic nitrogens is 2. The van der Waals surface area contributed by atoms with Crippen LogP contribution in [0.3, 0.4) is 0 Å². The Morgan fingerprint density at radius 1 is 1.18 bits per heavy atom. The zero-order valence-electron chi connectivity index (χ0n) is 15.2. The quantitative estimate of drug-likeness (QED) is 0.748. The molecular weight excluding hydrogens is 391 g/mol. The maximum Gasteiger partial charge on any atom is 0.433 e. The van der Waals surface area contributed by atoms with Gasteiger partial charge in [-0.25, -0.2) is 4.98 Å². The van der Waals surface area contributed by atoms with Gasteiger partial charge in [-0.1, -0.05) is 30.3 Å². The highest BCUT2D eigenvalue weighted by molar-refractivity contribution is 7.80. The van der Waals surface area contributed by atoms with E-state index >= 15 is 0 Å². The zero-order valence-corrected chi connectivity index (χ0v) is 16.0. The minimum Gasteiger partial charge on any atom is -0.378 e. The van der Waals surface area contributed by atoms with Gasteiger partial charge in [-0.05, 0) is 24.7 Å². The molecule has 0 radical (unpaired) electrons. The topological polar surface area (TPSA) is 62.3 Å². The van der Waals surface area contributed by atoms with Crippen LogP contribution in [-0.2, 0) is 10.9 Å². The molecule has 1 atom stereocenters. The Balaban J connectivity index is 1.77. The second kappa shape index (κ2) is 8.70. The summed E-state index contributed by atoms with van der Waals surface area (Å²) in [5, 5.41) is 5.84. The van der Waals surface area contributed by atoms with E-state index in [0.717, 1.165) is 11.6 Å². The van der Waals surface area contributed by atoms with E-state index in [0.29, 0.717) is 26.3 Å². The number of hydrogen-bond acceptors (Lipinski definition) is 5. The molecule has 0 saturated carbocycles. The molecule has 3 rings (SSSR count). The molecule has 0 bridgehead atoms. The van der Waals surface area contributed by atoms with Gasteiger partial charge < -0.3 is 20.3 Å². The number of alkyl halides is 3. The summed E-state index contributed by atoms with van der Waals surface area (Å²) in [6.07, 6.45) is -4.59. The molecule has 0 unspecified atom stereocenters. The standard InChI is InChI=1S/C18H20F3N5OS/c1-12(13-5-3-2-4-6-13)22-17(28)25-16-23-14(18(19,20)21)11-15(24-16)26-7-9-27-10-8-26/h2-6,11-12H,7-10H2,1H3,(H2,22,23,24,25,28)/t12-/m1/s1. The van der Waals surface area contributed by atoms with Crippen LogP contribution in [0.1, 0.15) is 24.2 Å². The van der Waals surface area contributed by atoms with Crippen molar-refractivity contribution in [3.05, 3.63) is 47.7 Å². The second-order valence-electron chi connectivity index (χ2n) is 6.26. The summed E-state index contributed by atoms with van der Waals surface area (Å²) in [5.41, 5.74) is -0.0315. The van der Waals surface area contributed by atoms with Crippen LogP contribution >= 0.6 is 12.2 Å². The number of thiocarbonyl (C=S) groups is 1. The highest BCUT2D eigenvalue weighted by Gasteiger charge is 2.34. The molecule has 2 heterocycles. The molecule has 1 fully saturated rings. The normalized spacial score (nSPS) is 15.8. The Bertz CT molecular complexity index is 813. The van der Waals surface area contributed by atoms with Gasteiger partial charge in [0.1, 0.15) is 5.82 Å². The number of hydrogen-bond donors (Lipinski definition) is 2. The molecule has 0 aliphatic carbocycles. The van der Waals surface area contributed by atoms with Crippen molar-refractivity contribution >= 4 is 29.1 Å². The average molecular weight is 411 g/mol. The summed E-state index contributed by atoms with van der Waals surface area (Å²) in [4.78, 5) is 9.53. The van der Waals surface area contributed by atoms with Crippen LogP contribution in [0.15, 0.2) is 36.4 Å². The molecule has 0 spiro atoms. The molecule has 28 heavy (non-hydrogen) atoms. The highest BCUT2D eigenvalue weighted by atomic mass is 32.1. The molecule has 1 aromatic carbocycles. The van der Waals surface area contributed by atoms with E-state index in [-0.39, 0.29) is 22.9 Å². The Kier molecular flexibility index (Phi) is 6.30. The Morgan fingerprint density at radius 2 is 1.86 bits per heavy atom. The van der Waals surface area contributed by atoms with Crippen molar-refractivity contribution in [2.75, 3.05) is 36.5 Å². The second-order valence-corrected chi connectivity index (χ2v) is 6.67. The Morgan fingerprint density at radius 3 is 2.50 bits per heavy atom. The predicted molar refractivity (Wildman–Crippen MR) is 104 cm³/mol. The van der Waals surface area contributed by atoms with Crippen LogP contribution in [0.5, 0.6) is 0 Å². The lowest BCUT2D eigenvalue weighted by molar-refractivity contribution is -0.141. The highest BCUT2D eigenvalue weighted by Crippen LogP contribution is 2.30. The van der Waals surface area contributed by atoms with Crippen molar-refractivity contribution in [2.24, 2.45) is 0 Å². The van der Waals surface area contributed by atoms with Crippen molar-refractivity contribution < 1.29 is 17.9 Å². The lowest BCUT2D eigenvalue weighted by Gasteiger charge is -2.28. The lowest BCUT2D eigenvalue weighted by atomic mass is 10.1. The van der Waals surface area contributed by atoms with E-state index in [9.17, 15) is 13.2 Å². The number of nitrogens with zero attached hydrogens (tertiary/aromatic N) is 3. The van der Waals surface area contributed by atoms with Crippen molar-refractivity contribution in [1.82, 2.24) is 15.3 Å². The number of ether oxygens (including phenoxy) is 1. The van der Waals surface area contributed by atoms with Gasteiger partial charge in [0.15, 0.2) is 10.8 Å². The number of rotatable bonds is 4. The van der Waals surface area contributed by atoms with Gasteiger partial charge in [-0.3, -0.25) is 0 Å². The van der Waals surface area contributed by atoms with Gasteiger partial charge >= 0.3 is 6.18 Å². The summed E-state index contributed by atoms with van der Waals surface area (Å²) in [5.74, 6) is -0.0129. The van der Waals surface area contributed by atoms with E-state index in [1.165, 1.54) is 0 Å². The molecule has 2 aromatic rings. The maximum absolute atomic E-state index is 13.3. The maximum atomic E-state index is 13.3. The Labute approximate surface area is 166 Å². The van der Waals surface area contributed by atoms with E-state index < -0.39 is 11.9 Å². The first-order valence-electron chi connectivity index (χ1n) is 8.74. The third-order valence-corrected chi connectivity index (χ3v) is 4.43. The summed E-state index contributed by atoms with van der Waals surface area (Å²) in [6.45, 7) is 3.68. The van der Waals surface area contributed by atoms with Gasteiger partial charge in [0.05, 0.1) is 19.3 Å². The molecule has 1 aliphatic heterocycles. The Hall–Kier alpha value is -2.46. The van der Waals surface area contributed by atoms with E-state index in [1.807, 2.05) is 37.3 Å². The SMILES string of the molecule is C[C@@H](NC(=S)Nc1nc(N2CCOCC2)cc(C(F)(F)F)n1)c1ccccc1. The number of halogens is 3. The first-order valence-corrected chi connectivity index (χ1v) is 9.15. The fourth-order valence-electron chi connectivity index (χ4n) is 2.75. The average Bonchev–Trinajstić information content (AvgIpc) is 2.68. The van der Waals surface area contributed by atoms with Crippen molar-refractivity contribution in [2.45, 2.75) is 19.1 Å². The summed E-state index contributed by atoms with van der Waals surface area (Å²) in [7, 11) is 0. The monoisotopic (exact) mass is 411 g/mol. The van der Waals surface area contributed by atoms with Crippen LogP contribution in [0.25, 0.3) is 0 Å². The molecule has 6 nitrogen and oxygen atoms in total. The summed E-state index contributed by atoms with van der Waals surface area (Å²) < 4.78 is 45.1. The fraction of sp³-hybridized carbons (Fsp3) is 0.389. The van der Waals surface area contributed by atoms with Gasteiger partial charge in [-0.15, -0.1) is 0 Å². The minimum atomic E-state index is -4.59. The van der Waals surface area contributed by atoms with E-state index in [2.05, 4.69) is 20.6 Å². The molecule has 10 heteroatoms. The zero-order chi connectivity index (χ0) is 20.1. The van der Waals surface area contributed by atoms with Crippen LogP contribution in [-0.4, -0.2) is 41.4 Å². The van der Waals surface area contributed by atoms with Gasteiger partial charge in [0, 0.05) is 19.2 Å². The smallest absolute Gasteiger partial charge is 0.378 e. The first-order chi connectivity index (χ1) is 13.3. The molecule has 1 saturated heterocycles. The van der Waals surface area contributed by atoms with Crippen LogP contribution < -0.4 is 15.5 Å². The third kappa shape index (κ3) is 5.29. The van der Waals surface area contributed by atoms with E-state index in [4.69, 9.17) is 17.0 Å². The molecule has 0 amide bonds. The lowest BCUT2D eigenvalue weighted by Crippen LogP contribution is -2.37. The van der Waals surface area contributed by atoms with E-state index in [1.54, 1.807) is 4.90 Å². The number of benzene rings is 1. The summed E-state index contributed by atoms with van der Waals surface area (Å²) >= 11 is 5.23. The number of morpholine rings is 1. The molecule has 1 aliphatic rings. The number of anilines is 2. The predicted octanol–water partition coefficient (Wildman–Crippen LogP) is 3.38. The van der Waals surface area contributed by atoms with Gasteiger partial charge in [0.2, 0.25) is 5.95 Å². The van der Waals surface area contributed by atoms with Crippen LogP contribution in [0.2, 0.25) is 0 Å². The van der Waals surface area contributed by atoms with Crippen molar-refractivity contribution in [1.29, 1.82) is 0 Å². The van der Waals surface area contributed by atoms with Crippen molar-refractivity contribution in [3.63, 3.8) is 0 Å². The largest absolute Gasteiger partial charge is 0.433 e. The summed E-state index contributed by atoms with van der Waals surface area (Å²) in [6, 6.07) is 10.4. The van der Waals surface area contributed by atoms with Crippen molar-refractivity contribution in [3.8, 4) is 0 Å². The minimum absolute atomic E-state index is 0.134. The van der Waals surface area contributed by atoms with Gasteiger partial charge in [-0.2, -0.15) is 18.2 Å². The van der Waals surface area contributed by atoms with Crippen LogP contribution in [0.4, 0.5) is 24.9 Å². The number of nitrogens with one attached hydrogen (secondary N) is 2. The first kappa shape index (κ1) is 20.3. The molecule has 1 aromatic heterocycles.